The molecule has 1 saturated heterocycles. The lowest BCUT2D eigenvalue weighted by Crippen LogP contribution is -2.49. The maximum Gasteiger partial charge on any atom is 0.275 e. The summed E-state index contributed by atoms with van der Waals surface area (Å²) < 4.78 is 5.62. The molecule has 1 atom stereocenters. The molecule has 1 fully saturated rings. The van der Waals surface area contributed by atoms with Gasteiger partial charge in [-0.15, -0.1) is 0 Å². The fourth-order valence-corrected chi connectivity index (χ4v) is 2.36. The number of anilines is 1. The molecule has 1 N–H and O–H groups in total. The number of non-ortho nitro benzene ring substituents is 1. The highest BCUT2D eigenvalue weighted by molar-refractivity contribution is 5.58. The zero-order chi connectivity index (χ0) is 14.7. The second kappa shape index (κ2) is 6.09. The molecular weight excluding hydrogens is 258 g/mol. The van der Waals surface area contributed by atoms with Crippen molar-refractivity contribution in [3.63, 3.8) is 0 Å². The average molecular weight is 279 g/mol. The molecule has 0 saturated carbocycles. The van der Waals surface area contributed by atoms with Crippen LogP contribution in [0.2, 0.25) is 0 Å². The first-order chi connectivity index (χ1) is 9.45. The van der Waals surface area contributed by atoms with E-state index in [2.05, 4.69) is 17.1 Å². The van der Waals surface area contributed by atoms with E-state index < -0.39 is 0 Å². The number of rotatable bonds is 4. The molecule has 0 spiro atoms. The number of hydrogen-bond donors (Lipinski definition) is 1. The lowest BCUT2D eigenvalue weighted by Gasteiger charge is -2.33. The average Bonchev–Trinajstić information content (AvgIpc) is 2.37. The highest BCUT2D eigenvalue weighted by atomic mass is 16.6. The van der Waals surface area contributed by atoms with Gasteiger partial charge in [-0.05, 0) is 20.8 Å². The van der Waals surface area contributed by atoms with E-state index in [1.54, 1.807) is 6.07 Å². The van der Waals surface area contributed by atoms with Crippen LogP contribution in [0.3, 0.4) is 0 Å². The van der Waals surface area contributed by atoms with Crippen molar-refractivity contribution >= 4 is 11.4 Å². The Kier molecular flexibility index (Phi) is 4.44. The molecule has 6 nitrogen and oxygen atoms in total. The van der Waals surface area contributed by atoms with Crippen molar-refractivity contribution in [3.05, 3.63) is 28.3 Å². The van der Waals surface area contributed by atoms with E-state index in [-0.39, 0.29) is 16.7 Å². The van der Waals surface area contributed by atoms with Crippen LogP contribution in [0.5, 0.6) is 5.75 Å². The fourth-order valence-electron chi connectivity index (χ4n) is 2.36. The third-order valence-electron chi connectivity index (χ3n) is 3.19. The van der Waals surface area contributed by atoms with Crippen molar-refractivity contribution in [2.75, 3.05) is 24.5 Å². The SMILES string of the molecule is CC1CN(c2cc(OC(C)C)cc([N+](=O)[O-])c2)CCN1. The van der Waals surface area contributed by atoms with Crippen molar-refractivity contribution in [2.45, 2.75) is 32.9 Å². The van der Waals surface area contributed by atoms with E-state index in [0.717, 1.165) is 25.3 Å². The molecule has 0 amide bonds. The summed E-state index contributed by atoms with van der Waals surface area (Å²) in [4.78, 5) is 12.8. The maximum atomic E-state index is 11.1. The van der Waals surface area contributed by atoms with Crippen LogP contribution in [-0.4, -0.2) is 36.7 Å². The van der Waals surface area contributed by atoms with E-state index in [1.807, 2.05) is 19.9 Å². The molecule has 2 rings (SSSR count). The quantitative estimate of drug-likeness (QED) is 0.676. The summed E-state index contributed by atoms with van der Waals surface area (Å²) in [5.74, 6) is 0.551. The molecule has 0 aliphatic carbocycles. The van der Waals surface area contributed by atoms with Crippen LogP contribution in [0.25, 0.3) is 0 Å². The molecule has 1 unspecified atom stereocenters. The predicted molar refractivity (Wildman–Crippen MR) is 78.5 cm³/mol. The Balaban J connectivity index is 2.30. The number of nitrogens with one attached hydrogen (secondary N) is 1. The molecule has 0 aromatic heterocycles. The van der Waals surface area contributed by atoms with Crippen LogP contribution < -0.4 is 15.0 Å². The van der Waals surface area contributed by atoms with Crippen molar-refractivity contribution in [2.24, 2.45) is 0 Å². The van der Waals surface area contributed by atoms with Gasteiger partial charge in [-0.25, -0.2) is 0 Å². The number of ether oxygens (including phenoxy) is 1. The molecule has 1 aliphatic heterocycles. The van der Waals surface area contributed by atoms with Gasteiger partial charge in [-0.2, -0.15) is 0 Å². The third-order valence-corrected chi connectivity index (χ3v) is 3.19. The minimum absolute atomic E-state index is 0.00759. The molecule has 1 aliphatic rings. The summed E-state index contributed by atoms with van der Waals surface area (Å²) in [6, 6.07) is 5.35. The van der Waals surface area contributed by atoms with Gasteiger partial charge in [0.2, 0.25) is 0 Å². The minimum Gasteiger partial charge on any atom is -0.491 e. The highest BCUT2D eigenvalue weighted by Gasteiger charge is 2.19. The first-order valence-electron chi connectivity index (χ1n) is 6.90. The van der Waals surface area contributed by atoms with E-state index >= 15 is 0 Å². The van der Waals surface area contributed by atoms with Gasteiger partial charge in [0.1, 0.15) is 5.75 Å². The number of hydrogen-bond acceptors (Lipinski definition) is 5. The van der Waals surface area contributed by atoms with Gasteiger partial charge in [0.25, 0.3) is 5.69 Å². The van der Waals surface area contributed by atoms with Crippen molar-refractivity contribution < 1.29 is 9.66 Å². The molecule has 0 radical (unpaired) electrons. The largest absolute Gasteiger partial charge is 0.491 e. The van der Waals surface area contributed by atoms with Gasteiger partial charge in [-0.1, -0.05) is 0 Å². The van der Waals surface area contributed by atoms with Gasteiger partial charge in [0.05, 0.1) is 17.1 Å². The van der Waals surface area contributed by atoms with E-state index in [0.29, 0.717) is 11.8 Å². The Morgan fingerprint density at radius 1 is 1.45 bits per heavy atom. The minimum atomic E-state index is -0.373. The van der Waals surface area contributed by atoms with Crippen molar-refractivity contribution in [3.8, 4) is 5.75 Å². The summed E-state index contributed by atoms with van der Waals surface area (Å²) >= 11 is 0. The first kappa shape index (κ1) is 14.6. The molecule has 6 heteroatoms. The molecule has 1 aromatic rings. The Hall–Kier alpha value is -1.82. The second-order valence-electron chi connectivity index (χ2n) is 5.41. The lowest BCUT2D eigenvalue weighted by molar-refractivity contribution is -0.384. The first-order valence-corrected chi connectivity index (χ1v) is 6.90. The number of nitro groups is 1. The van der Waals surface area contributed by atoms with E-state index in [4.69, 9.17) is 4.74 Å². The number of piperazine rings is 1. The van der Waals surface area contributed by atoms with Crippen LogP contribution in [0.15, 0.2) is 18.2 Å². The Bertz CT molecular complexity index is 491. The monoisotopic (exact) mass is 279 g/mol. The van der Waals surface area contributed by atoms with Crippen molar-refractivity contribution in [1.82, 2.24) is 5.32 Å². The number of benzene rings is 1. The smallest absolute Gasteiger partial charge is 0.275 e. The predicted octanol–water partition coefficient (Wildman–Crippen LogP) is 2.18. The summed E-state index contributed by atoms with van der Waals surface area (Å²) in [7, 11) is 0. The molecular formula is C14H21N3O3. The van der Waals surface area contributed by atoms with Crippen LogP contribution in [-0.2, 0) is 0 Å². The van der Waals surface area contributed by atoms with Gasteiger partial charge < -0.3 is 15.0 Å². The van der Waals surface area contributed by atoms with Gasteiger partial charge in [0, 0.05) is 43.5 Å². The Morgan fingerprint density at radius 3 is 2.80 bits per heavy atom. The van der Waals surface area contributed by atoms with E-state index in [1.165, 1.54) is 6.07 Å². The van der Waals surface area contributed by atoms with Crippen LogP contribution in [0.1, 0.15) is 20.8 Å². The molecule has 110 valence electrons. The molecule has 1 aromatic carbocycles. The standard InChI is InChI=1S/C14H21N3O3/c1-10(2)20-14-7-12(6-13(8-14)17(18)19)16-5-4-15-11(3)9-16/h6-8,10-11,15H,4-5,9H2,1-3H3. The Morgan fingerprint density at radius 2 is 2.20 bits per heavy atom. The van der Waals surface area contributed by atoms with Gasteiger partial charge in [0.15, 0.2) is 0 Å². The topological polar surface area (TPSA) is 67.6 Å². The zero-order valence-corrected chi connectivity index (χ0v) is 12.1. The third kappa shape index (κ3) is 3.60. The lowest BCUT2D eigenvalue weighted by atomic mass is 10.2. The normalized spacial score (nSPS) is 19.2. The Labute approximate surface area is 118 Å². The zero-order valence-electron chi connectivity index (χ0n) is 12.1. The van der Waals surface area contributed by atoms with Crippen LogP contribution in [0.4, 0.5) is 11.4 Å². The molecule has 0 bridgehead atoms. The van der Waals surface area contributed by atoms with Gasteiger partial charge in [-0.3, -0.25) is 10.1 Å². The summed E-state index contributed by atoms with van der Waals surface area (Å²) in [5, 5.41) is 14.4. The maximum absolute atomic E-state index is 11.1. The summed E-state index contributed by atoms with van der Waals surface area (Å²) in [6.07, 6.45) is -0.00759. The summed E-state index contributed by atoms with van der Waals surface area (Å²) in [5.41, 5.74) is 0.924. The molecule has 1 heterocycles. The molecule has 20 heavy (non-hydrogen) atoms. The number of nitro benzene ring substituents is 1. The van der Waals surface area contributed by atoms with E-state index in [9.17, 15) is 10.1 Å². The number of nitrogens with zero attached hydrogens (tertiary/aromatic N) is 2. The van der Waals surface area contributed by atoms with Crippen LogP contribution in [0, 0.1) is 10.1 Å². The fraction of sp³-hybridized carbons (Fsp3) is 0.571. The highest BCUT2D eigenvalue weighted by Crippen LogP contribution is 2.29. The second-order valence-corrected chi connectivity index (χ2v) is 5.41. The van der Waals surface area contributed by atoms with Crippen molar-refractivity contribution in [1.29, 1.82) is 0 Å². The van der Waals surface area contributed by atoms with Gasteiger partial charge >= 0.3 is 0 Å². The summed E-state index contributed by atoms with van der Waals surface area (Å²) in [6.45, 7) is 8.48. The van der Waals surface area contributed by atoms with Crippen LogP contribution >= 0.6 is 0 Å².